The summed E-state index contributed by atoms with van der Waals surface area (Å²) in [7, 11) is 0. The molecule has 2 aliphatic rings. The Kier molecular flexibility index (Phi) is 5.74. The summed E-state index contributed by atoms with van der Waals surface area (Å²) in [4.78, 5) is 24.4. The number of rotatable bonds is 5. The van der Waals surface area contributed by atoms with Crippen LogP contribution in [0.4, 0.5) is 0 Å². The number of hydrazine groups is 1. The number of amides is 2. The van der Waals surface area contributed by atoms with Crippen LogP contribution in [-0.4, -0.2) is 29.4 Å². The second kappa shape index (κ2) is 8.19. The van der Waals surface area contributed by atoms with Crippen LogP contribution in [0.25, 0.3) is 5.70 Å². The zero-order chi connectivity index (χ0) is 17.6. The van der Waals surface area contributed by atoms with Gasteiger partial charge in [0.05, 0.1) is 12.2 Å². The van der Waals surface area contributed by atoms with Gasteiger partial charge in [0.1, 0.15) is 0 Å². The number of carbonyl (C=O) groups is 2. The molecule has 0 spiro atoms. The van der Waals surface area contributed by atoms with E-state index in [1.165, 1.54) is 19.3 Å². The summed E-state index contributed by atoms with van der Waals surface area (Å²) < 4.78 is 0. The van der Waals surface area contributed by atoms with Crippen LogP contribution < -0.4 is 10.7 Å². The standard InChI is InChI=1S/C20H27N3O2/c1-15-7-5-6-10-17(15)21-19(24)13-14-23-20(25)12-11-18(22-23)16-8-3-2-4-9-16/h2-4,8-9,11,15,17,22H,5-7,10,12-14H2,1H3,(H,21,24). The topological polar surface area (TPSA) is 61.4 Å². The van der Waals surface area contributed by atoms with Gasteiger partial charge in [0.15, 0.2) is 0 Å². The molecule has 2 N–H and O–H groups in total. The number of nitrogens with one attached hydrogen (secondary N) is 2. The third kappa shape index (κ3) is 4.62. The van der Waals surface area contributed by atoms with Gasteiger partial charge in [-0.25, -0.2) is 0 Å². The second-order valence-electron chi connectivity index (χ2n) is 7.03. The van der Waals surface area contributed by atoms with Crippen LogP contribution in [0.2, 0.25) is 0 Å². The van der Waals surface area contributed by atoms with E-state index >= 15 is 0 Å². The van der Waals surface area contributed by atoms with E-state index in [9.17, 15) is 9.59 Å². The number of hydrogen-bond donors (Lipinski definition) is 2. The molecule has 1 aliphatic heterocycles. The van der Waals surface area contributed by atoms with Crippen molar-refractivity contribution >= 4 is 17.5 Å². The molecule has 0 saturated heterocycles. The highest BCUT2D eigenvalue weighted by Gasteiger charge is 2.24. The Morgan fingerprint density at radius 2 is 2.00 bits per heavy atom. The molecule has 0 aromatic heterocycles. The van der Waals surface area contributed by atoms with E-state index in [1.54, 1.807) is 5.01 Å². The largest absolute Gasteiger partial charge is 0.353 e. The maximum Gasteiger partial charge on any atom is 0.244 e. The van der Waals surface area contributed by atoms with E-state index in [-0.39, 0.29) is 17.9 Å². The van der Waals surface area contributed by atoms with E-state index in [1.807, 2.05) is 36.4 Å². The van der Waals surface area contributed by atoms with Crippen molar-refractivity contribution < 1.29 is 9.59 Å². The first kappa shape index (κ1) is 17.5. The van der Waals surface area contributed by atoms with Gasteiger partial charge >= 0.3 is 0 Å². The van der Waals surface area contributed by atoms with Crippen molar-refractivity contribution in [3.05, 3.63) is 42.0 Å². The van der Waals surface area contributed by atoms with E-state index in [0.29, 0.717) is 25.3 Å². The SMILES string of the molecule is CC1CCCCC1NC(=O)CCN1NC(c2ccccc2)=CCC1=O. The molecule has 134 valence electrons. The maximum absolute atomic E-state index is 12.3. The molecule has 1 fully saturated rings. The highest BCUT2D eigenvalue weighted by atomic mass is 16.2. The van der Waals surface area contributed by atoms with Crippen LogP contribution in [0.1, 0.15) is 51.0 Å². The van der Waals surface area contributed by atoms with Gasteiger partial charge in [-0.3, -0.25) is 20.0 Å². The molecule has 2 atom stereocenters. The molecule has 1 aliphatic carbocycles. The molecule has 25 heavy (non-hydrogen) atoms. The molecule has 1 aromatic rings. The van der Waals surface area contributed by atoms with Crippen LogP contribution in [0.15, 0.2) is 36.4 Å². The lowest BCUT2D eigenvalue weighted by molar-refractivity contribution is -0.133. The Balaban J connectivity index is 1.51. The van der Waals surface area contributed by atoms with Crippen molar-refractivity contribution in [3.63, 3.8) is 0 Å². The van der Waals surface area contributed by atoms with E-state index in [2.05, 4.69) is 17.7 Å². The summed E-state index contributed by atoms with van der Waals surface area (Å²) in [5, 5.41) is 4.71. The Hall–Kier alpha value is -2.30. The number of nitrogens with zero attached hydrogens (tertiary/aromatic N) is 1. The molecular formula is C20H27N3O2. The summed E-state index contributed by atoms with van der Waals surface area (Å²) in [6.45, 7) is 2.59. The van der Waals surface area contributed by atoms with Gasteiger partial charge in [-0.05, 0) is 30.4 Å². The lowest BCUT2D eigenvalue weighted by Crippen LogP contribution is -2.47. The number of benzene rings is 1. The van der Waals surface area contributed by atoms with Crippen molar-refractivity contribution in [3.8, 4) is 0 Å². The zero-order valence-electron chi connectivity index (χ0n) is 14.8. The molecule has 2 unspecified atom stereocenters. The predicted octanol–water partition coefficient (Wildman–Crippen LogP) is 2.85. The Labute approximate surface area is 149 Å². The van der Waals surface area contributed by atoms with E-state index < -0.39 is 0 Å². The number of carbonyl (C=O) groups excluding carboxylic acids is 2. The average Bonchev–Trinajstić information content (AvgIpc) is 2.64. The van der Waals surface area contributed by atoms with Crippen molar-refractivity contribution in [2.75, 3.05) is 6.54 Å². The molecule has 5 nitrogen and oxygen atoms in total. The van der Waals surface area contributed by atoms with E-state index in [4.69, 9.17) is 0 Å². The fourth-order valence-electron chi connectivity index (χ4n) is 3.56. The summed E-state index contributed by atoms with van der Waals surface area (Å²) >= 11 is 0. The third-order valence-electron chi connectivity index (χ3n) is 5.14. The first-order chi connectivity index (χ1) is 12.1. The van der Waals surface area contributed by atoms with Gasteiger partial charge in [-0.15, -0.1) is 0 Å². The Morgan fingerprint density at radius 1 is 1.24 bits per heavy atom. The summed E-state index contributed by atoms with van der Waals surface area (Å²) in [6, 6.07) is 10.2. The summed E-state index contributed by atoms with van der Waals surface area (Å²) in [5.41, 5.74) is 5.11. The minimum absolute atomic E-state index is 0.00137. The molecule has 1 aromatic carbocycles. The first-order valence-electron chi connectivity index (χ1n) is 9.25. The molecule has 1 heterocycles. The molecule has 0 radical (unpaired) electrons. The van der Waals surface area contributed by atoms with Gasteiger partial charge in [0.2, 0.25) is 11.8 Å². The molecule has 3 rings (SSSR count). The van der Waals surface area contributed by atoms with Crippen molar-refractivity contribution in [1.29, 1.82) is 0 Å². The highest BCUT2D eigenvalue weighted by molar-refractivity contribution is 5.84. The first-order valence-corrected chi connectivity index (χ1v) is 9.25. The molecular weight excluding hydrogens is 314 g/mol. The van der Waals surface area contributed by atoms with Gasteiger partial charge in [-0.2, -0.15) is 0 Å². The molecule has 0 bridgehead atoms. The smallest absolute Gasteiger partial charge is 0.244 e. The fourth-order valence-corrected chi connectivity index (χ4v) is 3.56. The second-order valence-corrected chi connectivity index (χ2v) is 7.03. The molecule has 2 amide bonds. The van der Waals surface area contributed by atoms with Crippen LogP contribution >= 0.6 is 0 Å². The quantitative estimate of drug-likeness (QED) is 0.866. The van der Waals surface area contributed by atoms with Crippen molar-refractivity contribution in [2.45, 2.75) is 51.5 Å². The van der Waals surface area contributed by atoms with Gasteiger partial charge in [0, 0.05) is 18.9 Å². The van der Waals surface area contributed by atoms with Crippen LogP contribution in [0.5, 0.6) is 0 Å². The predicted molar refractivity (Wildman–Crippen MR) is 98.1 cm³/mol. The van der Waals surface area contributed by atoms with Crippen molar-refractivity contribution in [2.24, 2.45) is 5.92 Å². The lowest BCUT2D eigenvalue weighted by atomic mass is 9.86. The van der Waals surface area contributed by atoms with Gasteiger partial charge in [0.25, 0.3) is 0 Å². The maximum atomic E-state index is 12.3. The fraction of sp³-hybridized carbons (Fsp3) is 0.500. The lowest BCUT2D eigenvalue weighted by Gasteiger charge is -2.31. The third-order valence-corrected chi connectivity index (χ3v) is 5.14. The van der Waals surface area contributed by atoms with Gasteiger partial charge < -0.3 is 5.32 Å². The minimum atomic E-state index is -0.00137. The molecule has 1 saturated carbocycles. The van der Waals surface area contributed by atoms with Crippen LogP contribution in [-0.2, 0) is 9.59 Å². The minimum Gasteiger partial charge on any atom is -0.353 e. The van der Waals surface area contributed by atoms with Crippen LogP contribution in [0, 0.1) is 5.92 Å². The average molecular weight is 341 g/mol. The van der Waals surface area contributed by atoms with Gasteiger partial charge in [-0.1, -0.05) is 50.1 Å². The summed E-state index contributed by atoms with van der Waals surface area (Å²) in [5.74, 6) is 0.572. The monoisotopic (exact) mass is 341 g/mol. The van der Waals surface area contributed by atoms with Crippen LogP contribution in [0.3, 0.4) is 0 Å². The normalized spacial score (nSPS) is 23.6. The number of hydrogen-bond acceptors (Lipinski definition) is 3. The van der Waals surface area contributed by atoms with Crippen molar-refractivity contribution in [1.82, 2.24) is 15.8 Å². The summed E-state index contributed by atoms with van der Waals surface area (Å²) in [6.07, 6.45) is 7.28. The zero-order valence-corrected chi connectivity index (χ0v) is 14.8. The highest BCUT2D eigenvalue weighted by Crippen LogP contribution is 2.23. The Bertz CT molecular complexity index is 642. The van der Waals surface area contributed by atoms with E-state index in [0.717, 1.165) is 17.7 Å². The Morgan fingerprint density at radius 3 is 2.76 bits per heavy atom. The molecule has 5 heteroatoms.